The van der Waals surface area contributed by atoms with Gasteiger partial charge in [-0.2, -0.15) is 11.8 Å². The van der Waals surface area contributed by atoms with Crippen molar-refractivity contribution in [1.29, 1.82) is 0 Å². The summed E-state index contributed by atoms with van der Waals surface area (Å²) in [5.41, 5.74) is 16.8. The van der Waals surface area contributed by atoms with Crippen molar-refractivity contribution >= 4 is 76.7 Å². The van der Waals surface area contributed by atoms with Gasteiger partial charge in [-0.05, 0) is 67.4 Å². The summed E-state index contributed by atoms with van der Waals surface area (Å²) in [6, 6.07) is -2.40. The molecule has 2 aliphatic rings. The minimum atomic E-state index is -1.71. The van der Waals surface area contributed by atoms with Crippen LogP contribution in [0.15, 0.2) is 24.3 Å². The van der Waals surface area contributed by atoms with Gasteiger partial charge in [-0.25, -0.2) is 0 Å². The molecule has 24 heteroatoms. The number of methoxy groups -OCH3 is 1. The van der Waals surface area contributed by atoms with Gasteiger partial charge in [0.2, 0.25) is 65.0 Å². The Morgan fingerprint density at radius 2 is 1.46 bits per heavy atom. The highest BCUT2D eigenvalue weighted by Gasteiger charge is 2.40. The predicted molar refractivity (Wildman–Crippen MR) is 253 cm³/mol. The van der Waals surface area contributed by atoms with Crippen LogP contribution in [-0.2, 0) is 59.2 Å². The first-order chi connectivity index (χ1) is 32.6. The number of likely N-dealkylation sites (tertiary alicyclic amines) is 1. The summed E-state index contributed by atoms with van der Waals surface area (Å²) in [5.74, 6) is -8.59. The van der Waals surface area contributed by atoms with E-state index in [-0.39, 0.29) is 62.5 Å². The standard InChI is InChI=1S/C45H69N11O12S/c1-6-25(4)38-44(66)51-28(15-16-34(46)57)40(62)52-31(21-35(47)58)41(63)54-32(23-69-18-8-10-37(60)50-30(42(64)55-38)20-26-11-13-27(68-5)14-12-26)45(67)56-17-7-9-33(56)43(65)53-29(19-24(2)3)39(61)49-22-36(48)59/h11-14,24-25,28-33,38H,6-10,15-23H2,1-5H3,(H2,46,57)(H2,47,58)(H2,48,59)(H,49,61)(H,50,60)(H,51,66)(H,52,62)(H,53,65)(H,54,63)(H,55,64)/t25-,28?,29?,30?,31?,32?,33-,38?/m0/s1. The highest BCUT2D eigenvalue weighted by molar-refractivity contribution is 7.99. The Labute approximate surface area is 405 Å². The Morgan fingerprint density at radius 3 is 2.07 bits per heavy atom. The van der Waals surface area contributed by atoms with Crippen molar-refractivity contribution in [3.05, 3.63) is 29.8 Å². The molecule has 2 saturated heterocycles. The molecule has 11 amide bonds. The molecule has 69 heavy (non-hydrogen) atoms. The number of nitrogens with two attached hydrogens (primary N) is 3. The largest absolute Gasteiger partial charge is 0.497 e. The molecule has 2 heterocycles. The number of nitrogens with zero attached hydrogens (tertiary/aromatic N) is 1. The Morgan fingerprint density at radius 1 is 0.812 bits per heavy atom. The number of thioether (sulfide) groups is 1. The van der Waals surface area contributed by atoms with Gasteiger partial charge in [0.25, 0.3) is 0 Å². The van der Waals surface area contributed by atoms with E-state index in [9.17, 15) is 52.7 Å². The minimum absolute atomic E-state index is 0.0237. The number of amides is 11. The van der Waals surface area contributed by atoms with E-state index in [1.165, 1.54) is 23.8 Å². The number of hydrogen-bond acceptors (Lipinski definition) is 13. The van der Waals surface area contributed by atoms with E-state index < -0.39 is 133 Å². The first-order valence-corrected chi connectivity index (χ1v) is 24.2. The van der Waals surface area contributed by atoms with Crippen LogP contribution in [0.2, 0.25) is 0 Å². The Bertz CT molecular complexity index is 2020. The minimum Gasteiger partial charge on any atom is -0.497 e. The SMILES string of the molecule is CC[C@H](C)C1NC(=O)C(Cc2ccc(OC)cc2)NC(=O)CCCSCC(C(=O)N2CCC[C@H]2C(=O)NC(CC(C)C)C(=O)NCC(N)=O)NC(=O)C(CC(N)=O)NC(=O)C(CCC(N)=O)NC1=O. The predicted octanol–water partition coefficient (Wildman–Crippen LogP) is -2.50. The lowest BCUT2D eigenvalue weighted by Crippen LogP contribution is -2.61. The number of benzene rings is 1. The van der Waals surface area contributed by atoms with Crippen LogP contribution < -0.4 is 59.2 Å². The van der Waals surface area contributed by atoms with Crippen LogP contribution in [0.5, 0.6) is 5.75 Å². The van der Waals surface area contributed by atoms with Gasteiger partial charge < -0.3 is 64.1 Å². The maximum Gasteiger partial charge on any atom is 0.246 e. The number of nitrogens with one attached hydrogen (secondary N) is 7. The van der Waals surface area contributed by atoms with E-state index >= 15 is 0 Å². The summed E-state index contributed by atoms with van der Waals surface area (Å²) in [4.78, 5) is 148. The average Bonchev–Trinajstić information content (AvgIpc) is 3.79. The van der Waals surface area contributed by atoms with Gasteiger partial charge in [0, 0.05) is 31.6 Å². The zero-order valence-electron chi connectivity index (χ0n) is 39.9. The number of hydrogen-bond donors (Lipinski definition) is 10. The second kappa shape index (κ2) is 28.1. The molecule has 0 spiro atoms. The summed E-state index contributed by atoms with van der Waals surface area (Å²) in [6.07, 6.45) is -0.176. The summed E-state index contributed by atoms with van der Waals surface area (Å²) >= 11 is 1.18. The first kappa shape index (κ1) is 56.9. The highest BCUT2D eigenvalue weighted by Crippen LogP contribution is 2.22. The van der Waals surface area contributed by atoms with Crippen LogP contribution in [0.3, 0.4) is 0 Å². The molecule has 0 radical (unpaired) electrons. The lowest BCUT2D eigenvalue weighted by molar-refractivity contribution is -0.142. The molecule has 23 nitrogen and oxygen atoms in total. The normalized spacial score (nSPS) is 23.2. The third-order valence-corrected chi connectivity index (χ3v) is 12.7. The molecule has 2 fully saturated rings. The van der Waals surface area contributed by atoms with E-state index in [1.54, 1.807) is 38.1 Å². The molecule has 1 aromatic rings. The van der Waals surface area contributed by atoms with Crippen LogP contribution in [0, 0.1) is 11.8 Å². The lowest BCUT2D eigenvalue weighted by Gasteiger charge is -2.31. The van der Waals surface area contributed by atoms with Crippen molar-refractivity contribution in [2.45, 2.75) is 134 Å². The molecule has 8 atom stereocenters. The molecule has 0 saturated carbocycles. The van der Waals surface area contributed by atoms with Gasteiger partial charge in [-0.3, -0.25) is 52.7 Å². The van der Waals surface area contributed by atoms with Crippen molar-refractivity contribution in [2.75, 3.05) is 31.7 Å². The molecule has 0 aliphatic carbocycles. The molecule has 6 unspecified atom stereocenters. The van der Waals surface area contributed by atoms with E-state index in [0.29, 0.717) is 24.2 Å². The summed E-state index contributed by atoms with van der Waals surface area (Å²) < 4.78 is 5.25. The molecule has 0 bridgehead atoms. The summed E-state index contributed by atoms with van der Waals surface area (Å²) in [6.45, 7) is 6.75. The van der Waals surface area contributed by atoms with E-state index in [1.807, 2.05) is 13.8 Å². The van der Waals surface area contributed by atoms with E-state index in [2.05, 4.69) is 37.2 Å². The fourth-order valence-electron chi connectivity index (χ4n) is 7.68. The third kappa shape index (κ3) is 18.9. The van der Waals surface area contributed by atoms with Gasteiger partial charge in [-0.15, -0.1) is 0 Å². The summed E-state index contributed by atoms with van der Waals surface area (Å²) in [5, 5.41) is 18.2. The topological polar surface area (TPSA) is 363 Å². The van der Waals surface area contributed by atoms with Crippen LogP contribution >= 0.6 is 11.8 Å². The average molecular weight is 988 g/mol. The quantitative estimate of drug-likeness (QED) is 0.0728. The van der Waals surface area contributed by atoms with Crippen LogP contribution in [0.1, 0.15) is 91.0 Å². The van der Waals surface area contributed by atoms with Gasteiger partial charge in [-0.1, -0.05) is 46.2 Å². The van der Waals surface area contributed by atoms with Crippen molar-refractivity contribution in [2.24, 2.45) is 29.0 Å². The number of primary amides is 3. The van der Waals surface area contributed by atoms with Crippen molar-refractivity contribution in [3.8, 4) is 5.75 Å². The first-order valence-electron chi connectivity index (χ1n) is 23.1. The highest BCUT2D eigenvalue weighted by atomic mass is 32.2. The van der Waals surface area contributed by atoms with E-state index in [0.717, 1.165) is 0 Å². The Balaban J connectivity index is 2.02. The second-order valence-corrected chi connectivity index (χ2v) is 18.8. The maximum absolute atomic E-state index is 14.5. The molecule has 13 N–H and O–H groups in total. The maximum atomic E-state index is 14.5. The smallest absolute Gasteiger partial charge is 0.246 e. The van der Waals surface area contributed by atoms with Crippen LogP contribution in [-0.4, -0.2) is 144 Å². The van der Waals surface area contributed by atoms with E-state index in [4.69, 9.17) is 21.9 Å². The van der Waals surface area contributed by atoms with Crippen molar-refractivity contribution < 1.29 is 57.5 Å². The van der Waals surface area contributed by atoms with Crippen molar-refractivity contribution in [1.82, 2.24) is 42.1 Å². The molecular weight excluding hydrogens is 919 g/mol. The molecular formula is C45H69N11O12S. The summed E-state index contributed by atoms with van der Waals surface area (Å²) in [7, 11) is 1.50. The zero-order chi connectivity index (χ0) is 51.4. The molecule has 382 valence electrons. The Kier molecular flexibility index (Phi) is 23.2. The number of carbonyl (C=O) groups is 11. The van der Waals surface area contributed by atoms with Crippen molar-refractivity contribution in [3.63, 3.8) is 0 Å². The van der Waals surface area contributed by atoms with Crippen LogP contribution in [0.25, 0.3) is 0 Å². The van der Waals surface area contributed by atoms with Gasteiger partial charge >= 0.3 is 0 Å². The monoisotopic (exact) mass is 987 g/mol. The zero-order valence-corrected chi connectivity index (χ0v) is 40.7. The lowest BCUT2D eigenvalue weighted by atomic mass is 9.96. The Hall–Kier alpha value is -6.46. The number of carbonyl (C=O) groups excluding carboxylic acids is 11. The molecule has 0 aromatic heterocycles. The van der Waals surface area contributed by atoms with Gasteiger partial charge in [0.15, 0.2) is 0 Å². The third-order valence-electron chi connectivity index (χ3n) is 11.6. The number of ether oxygens (including phenoxy) is 1. The molecule has 2 aliphatic heterocycles. The van der Waals surface area contributed by atoms with Gasteiger partial charge in [0.05, 0.1) is 20.1 Å². The fourth-order valence-corrected chi connectivity index (χ4v) is 8.66. The second-order valence-electron chi connectivity index (χ2n) is 17.6. The molecule has 3 rings (SSSR count). The van der Waals surface area contributed by atoms with Crippen LogP contribution in [0.4, 0.5) is 0 Å². The van der Waals surface area contributed by atoms with Gasteiger partial charge in [0.1, 0.15) is 48.0 Å². The number of rotatable bonds is 18. The fraction of sp³-hybridized carbons (Fsp3) is 0.622. The molecule has 1 aromatic carbocycles.